The highest BCUT2D eigenvalue weighted by Gasteiger charge is 2.25. The average Bonchev–Trinajstić information content (AvgIpc) is 1.87. The Morgan fingerprint density at radius 1 is 1.64 bits per heavy atom. The Kier molecular flexibility index (Phi) is 4.69. The first-order valence-electron chi connectivity index (χ1n) is 3.82. The van der Waals surface area contributed by atoms with Gasteiger partial charge in [-0.2, -0.15) is 0 Å². The van der Waals surface area contributed by atoms with Crippen molar-refractivity contribution in [3.8, 4) is 0 Å². The van der Waals surface area contributed by atoms with Gasteiger partial charge in [0.05, 0.1) is 5.60 Å². The highest BCUT2D eigenvalue weighted by molar-refractivity contribution is 6.17. The van der Waals surface area contributed by atoms with Gasteiger partial charge in [-0.15, -0.1) is 11.6 Å². The van der Waals surface area contributed by atoms with Gasteiger partial charge in [-0.3, -0.25) is 4.79 Å². The molecule has 0 bridgehead atoms. The topological polar surface area (TPSA) is 37.3 Å². The molecule has 0 radical (unpaired) electrons. The van der Waals surface area contributed by atoms with E-state index in [-0.39, 0.29) is 12.2 Å². The van der Waals surface area contributed by atoms with Crippen molar-refractivity contribution in [3.05, 3.63) is 0 Å². The molecule has 3 heteroatoms. The third kappa shape index (κ3) is 4.38. The second-order valence-corrected chi connectivity index (χ2v) is 3.27. The summed E-state index contributed by atoms with van der Waals surface area (Å²) in [5, 5.41) is 9.69. The molecule has 0 aliphatic carbocycles. The van der Waals surface area contributed by atoms with E-state index in [1.54, 1.807) is 0 Å². The number of hydrogen-bond donors (Lipinski definition) is 1. The Morgan fingerprint density at radius 2 is 2.18 bits per heavy atom. The predicted molar refractivity (Wildman–Crippen MR) is 45.9 cm³/mol. The second kappa shape index (κ2) is 4.73. The zero-order valence-electron chi connectivity index (χ0n) is 7.06. The fraction of sp³-hybridized carbons (Fsp3) is 0.875. The summed E-state index contributed by atoms with van der Waals surface area (Å²) in [6.07, 6.45) is 1.29. The molecule has 11 heavy (non-hydrogen) atoms. The van der Waals surface area contributed by atoms with Gasteiger partial charge in [0.15, 0.2) is 0 Å². The van der Waals surface area contributed by atoms with E-state index in [1.807, 2.05) is 6.92 Å². The second-order valence-electron chi connectivity index (χ2n) is 2.90. The number of hydrogen-bond acceptors (Lipinski definition) is 2. The molecule has 0 fully saturated rings. The number of carbonyl (C=O) groups excluding carboxylic acids is 1. The molecule has 2 nitrogen and oxygen atoms in total. The summed E-state index contributed by atoms with van der Waals surface area (Å²) >= 11 is 5.48. The van der Waals surface area contributed by atoms with E-state index in [4.69, 9.17) is 11.6 Å². The van der Waals surface area contributed by atoms with Crippen LogP contribution in [-0.4, -0.2) is 22.4 Å². The lowest BCUT2D eigenvalue weighted by atomic mass is 9.92. The molecule has 0 rings (SSSR count). The van der Waals surface area contributed by atoms with Crippen molar-refractivity contribution in [3.63, 3.8) is 0 Å². The van der Waals surface area contributed by atoms with Gasteiger partial charge in [0.25, 0.3) is 0 Å². The summed E-state index contributed by atoms with van der Waals surface area (Å²) in [5.74, 6) is 0.414. The van der Waals surface area contributed by atoms with Gasteiger partial charge >= 0.3 is 0 Å². The Bertz CT molecular complexity index is 136. The summed E-state index contributed by atoms with van der Waals surface area (Å²) in [4.78, 5) is 10.7. The van der Waals surface area contributed by atoms with Crippen LogP contribution in [0.3, 0.4) is 0 Å². The van der Waals surface area contributed by atoms with Crippen LogP contribution < -0.4 is 0 Å². The average molecular weight is 179 g/mol. The van der Waals surface area contributed by atoms with Crippen molar-refractivity contribution in [1.29, 1.82) is 0 Å². The van der Waals surface area contributed by atoms with E-state index < -0.39 is 5.60 Å². The zero-order chi connectivity index (χ0) is 8.91. The Labute approximate surface area is 72.6 Å². The number of Topliss-reactive ketones (excluding diaryl/α,β-unsaturated/α-hetero) is 1. The maximum Gasteiger partial charge on any atom is 0.132 e. The SMILES string of the molecule is CCC(O)(CCCl)CC(C)=O. The summed E-state index contributed by atoms with van der Waals surface area (Å²) < 4.78 is 0. The number of rotatable bonds is 5. The van der Waals surface area contributed by atoms with Crippen LogP contribution in [0.15, 0.2) is 0 Å². The molecule has 0 aromatic rings. The molecule has 0 saturated heterocycles. The lowest BCUT2D eigenvalue weighted by Gasteiger charge is -2.24. The van der Waals surface area contributed by atoms with Gasteiger partial charge in [0, 0.05) is 12.3 Å². The summed E-state index contributed by atoms with van der Waals surface area (Å²) in [6, 6.07) is 0. The van der Waals surface area contributed by atoms with E-state index >= 15 is 0 Å². The molecule has 0 aliphatic rings. The minimum absolute atomic E-state index is 0.0134. The standard InChI is InChI=1S/C8H15ClO2/c1-3-8(11,4-5-9)6-7(2)10/h11H,3-6H2,1-2H3. The fourth-order valence-electron chi connectivity index (χ4n) is 1.03. The number of alkyl halides is 1. The largest absolute Gasteiger partial charge is 0.389 e. The number of halogens is 1. The van der Waals surface area contributed by atoms with Crippen LogP contribution in [0, 0.1) is 0 Å². The van der Waals surface area contributed by atoms with Crippen molar-refractivity contribution in [1.82, 2.24) is 0 Å². The van der Waals surface area contributed by atoms with Gasteiger partial charge in [-0.25, -0.2) is 0 Å². The molecular weight excluding hydrogens is 164 g/mol. The van der Waals surface area contributed by atoms with Crippen LogP contribution >= 0.6 is 11.6 Å². The highest BCUT2D eigenvalue weighted by Crippen LogP contribution is 2.20. The smallest absolute Gasteiger partial charge is 0.132 e. The van der Waals surface area contributed by atoms with Gasteiger partial charge in [-0.05, 0) is 19.8 Å². The van der Waals surface area contributed by atoms with E-state index in [0.29, 0.717) is 18.7 Å². The van der Waals surface area contributed by atoms with E-state index in [1.165, 1.54) is 6.92 Å². The predicted octanol–water partition coefficient (Wildman–Crippen LogP) is 1.74. The fourth-order valence-corrected chi connectivity index (χ4v) is 1.38. The molecular formula is C8H15ClO2. The number of ketones is 1. The summed E-state index contributed by atoms with van der Waals surface area (Å²) in [7, 11) is 0. The minimum Gasteiger partial charge on any atom is -0.389 e. The minimum atomic E-state index is -0.867. The maximum absolute atomic E-state index is 10.7. The first kappa shape index (κ1) is 10.9. The first-order chi connectivity index (χ1) is 5.04. The first-order valence-corrected chi connectivity index (χ1v) is 4.35. The molecule has 0 aromatic carbocycles. The van der Waals surface area contributed by atoms with Crippen molar-refractivity contribution < 1.29 is 9.90 Å². The third-order valence-electron chi connectivity index (χ3n) is 1.80. The lowest BCUT2D eigenvalue weighted by molar-refractivity contribution is -0.122. The normalized spacial score (nSPS) is 16.0. The monoisotopic (exact) mass is 178 g/mol. The lowest BCUT2D eigenvalue weighted by Crippen LogP contribution is -2.30. The maximum atomic E-state index is 10.7. The van der Waals surface area contributed by atoms with Crippen LogP contribution in [0.4, 0.5) is 0 Å². The molecule has 0 aliphatic heterocycles. The number of aliphatic hydroxyl groups is 1. The van der Waals surface area contributed by atoms with Crippen LogP contribution in [0.1, 0.15) is 33.1 Å². The molecule has 1 N–H and O–H groups in total. The van der Waals surface area contributed by atoms with Crippen molar-refractivity contribution in [2.24, 2.45) is 0 Å². The number of carbonyl (C=O) groups is 1. The van der Waals surface area contributed by atoms with E-state index in [9.17, 15) is 9.90 Å². The molecule has 66 valence electrons. The van der Waals surface area contributed by atoms with E-state index in [2.05, 4.69) is 0 Å². The van der Waals surface area contributed by atoms with Gasteiger partial charge in [0.2, 0.25) is 0 Å². The molecule has 0 aromatic heterocycles. The highest BCUT2D eigenvalue weighted by atomic mass is 35.5. The third-order valence-corrected chi connectivity index (χ3v) is 1.98. The summed E-state index contributed by atoms with van der Waals surface area (Å²) in [6.45, 7) is 3.34. The molecule has 0 heterocycles. The molecule has 0 saturated carbocycles. The van der Waals surface area contributed by atoms with Gasteiger partial charge < -0.3 is 5.11 Å². The Morgan fingerprint density at radius 3 is 2.45 bits per heavy atom. The molecule has 0 spiro atoms. The molecule has 0 amide bonds. The molecule has 1 atom stereocenters. The van der Waals surface area contributed by atoms with Crippen molar-refractivity contribution in [2.75, 3.05) is 5.88 Å². The van der Waals surface area contributed by atoms with Crippen LogP contribution in [0.5, 0.6) is 0 Å². The Balaban J connectivity index is 3.98. The molecule has 1 unspecified atom stereocenters. The van der Waals surface area contributed by atoms with Crippen molar-refractivity contribution >= 4 is 17.4 Å². The van der Waals surface area contributed by atoms with Crippen LogP contribution in [-0.2, 0) is 4.79 Å². The van der Waals surface area contributed by atoms with Crippen LogP contribution in [0.25, 0.3) is 0 Å². The summed E-state index contributed by atoms with van der Waals surface area (Å²) in [5.41, 5.74) is -0.867. The van der Waals surface area contributed by atoms with Crippen LogP contribution in [0.2, 0.25) is 0 Å². The zero-order valence-corrected chi connectivity index (χ0v) is 7.82. The Hall–Kier alpha value is -0.0800. The van der Waals surface area contributed by atoms with Gasteiger partial charge in [-0.1, -0.05) is 6.92 Å². The quantitative estimate of drug-likeness (QED) is 0.652. The van der Waals surface area contributed by atoms with Crippen molar-refractivity contribution in [2.45, 2.75) is 38.7 Å². The van der Waals surface area contributed by atoms with E-state index in [0.717, 1.165) is 0 Å². The van der Waals surface area contributed by atoms with Gasteiger partial charge in [0.1, 0.15) is 5.78 Å².